The predicted molar refractivity (Wildman–Crippen MR) is 188 cm³/mol. The van der Waals surface area contributed by atoms with Gasteiger partial charge >= 0.3 is 0 Å². The monoisotopic (exact) mass is 742 g/mol. The number of aliphatic hydroxyl groups is 1. The number of halogens is 2. The lowest BCUT2D eigenvalue weighted by molar-refractivity contribution is -0.134. The summed E-state index contributed by atoms with van der Waals surface area (Å²) in [5.41, 5.74) is -0.688. The molecule has 2 amide bonds. The van der Waals surface area contributed by atoms with Crippen molar-refractivity contribution in [3.05, 3.63) is 63.6 Å². The van der Waals surface area contributed by atoms with Crippen LogP contribution in [0.5, 0.6) is 0 Å². The van der Waals surface area contributed by atoms with Crippen molar-refractivity contribution >= 4 is 39.0 Å². The molecule has 3 aromatic rings. The van der Waals surface area contributed by atoms with Crippen molar-refractivity contribution in [2.24, 2.45) is 0 Å². The van der Waals surface area contributed by atoms with Crippen LogP contribution in [0.3, 0.4) is 0 Å². The number of carbonyl (C=O) groups is 2. The summed E-state index contributed by atoms with van der Waals surface area (Å²) in [6, 6.07) is 8.05. The first kappa shape index (κ1) is 36.5. The van der Waals surface area contributed by atoms with E-state index in [9.17, 15) is 36.7 Å². The molecule has 280 valence electrons. The van der Waals surface area contributed by atoms with E-state index in [0.717, 1.165) is 17.2 Å². The second kappa shape index (κ2) is 14.5. The van der Waals surface area contributed by atoms with E-state index in [4.69, 9.17) is 0 Å². The van der Waals surface area contributed by atoms with Crippen molar-refractivity contribution in [1.29, 1.82) is 0 Å². The van der Waals surface area contributed by atoms with E-state index in [0.29, 0.717) is 90.8 Å². The van der Waals surface area contributed by atoms with Crippen molar-refractivity contribution in [2.75, 3.05) is 44.6 Å². The van der Waals surface area contributed by atoms with Gasteiger partial charge in [0.2, 0.25) is 17.8 Å². The number of benzene rings is 1. The molecule has 0 radical (unpaired) electrons. The number of alkyl halides is 2. The fourth-order valence-electron chi connectivity index (χ4n) is 8.01. The van der Waals surface area contributed by atoms with Crippen LogP contribution in [0, 0.1) is 0 Å². The SMILES string of the molecule is C[C@@]1(O)CCC[C@H]1n1c(=O)c(C(F)F)cc2cnc(NC3CCN(S(=O)(=O)N4CCN(Cc5ccc(C6CCC(=O)NC6=O)cc5)CC4)CC3)nc21. The summed E-state index contributed by atoms with van der Waals surface area (Å²) in [6.07, 6.45) is 1.73. The average Bonchev–Trinajstić information content (AvgIpc) is 3.47. The van der Waals surface area contributed by atoms with Crippen LogP contribution in [0.1, 0.15) is 86.9 Å². The third-order valence-corrected chi connectivity index (χ3v) is 13.1. The number of piperazine rings is 1. The molecule has 3 atom stereocenters. The van der Waals surface area contributed by atoms with Gasteiger partial charge in [-0.3, -0.25) is 29.2 Å². The maximum atomic E-state index is 13.8. The maximum Gasteiger partial charge on any atom is 0.282 e. The minimum Gasteiger partial charge on any atom is -0.388 e. The number of imide groups is 1. The minimum atomic E-state index is -3.68. The van der Waals surface area contributed by atoms with E-state index in [-0.39, 0.29) is 40.8 Å². The van der Waals surface area contributed by atoms with Gasteiger partial charge in [-0.1, -0.05) is 24.3 Å². The molecular weight excluding hydrogens is 698 g/mol. The number of carbonyl (C=O) groups excluding carboxylic acids is 2. The second-order valence-corrected chi connectivity index (χ2v) is 16.5. The quantitative estimate of drug-likeness (QED) is 0.277. The van der Waals surface area contributed by atoms with Crippen molar-refractivity contribution < 1.29 is 31.9 Å². The lowest BCUT2D eigenvalue weighted by Gasteiger charge is -2.39. The molecule has 2 aromatic heterocycles. The summed E-state index contributed by atoms with van der Waals surface area (Å²) in [5.74, 6) is -0.637. The van der Waals surface area contributed by atoms with E-state index < -0.39 is 39.4 Å². The van der Waals surface area contributed by atoms with Crippen molar-refractivity contribution in [2.45, 2.75) is 88.4 Å². The van der Waals surface area contributed by atoms with Gasteiger partial charge in [-0.2, -0.15) is 22.0 Å². The Kier molecular flexibility index (Phi) is 10.2. The molecule has 1 aromatic carbocycles. The predicted octanol–water partition coefficient (Wildman–Crippen LogP) is 2.66. The number of rotatable bonds is 9. The van der Waals surface area contributed by atoms with Crippen LogP contribution < -0.4 is 16.2 Å². The third-order valence-electron chi connectivity index (χ3n) is 11.0. The number of piperidine rings is 2. The highest BCUT2D eigenvalue weighted by Crippen LogP contribution is 2.40. The normalized spacial score (nSPS) is 25.9. The molecule has 5 heterocycles. The zero-order valence-electron chi connectivity index (χ0n) is 29.0. The lowest BCUT2D eigenvalue weighted by atomic mass is 9.90. The topological polar surface area (TPSA) is 170 Å². The van der Waals surface area contributed by atoms with E-state index in [1.54, 1.807) is 6.92 Å². The van der Waals surface area contributed by atoms with Crippen LogP contribution in [-0.2, 0) is 26.3 Å². The summed E-state index contributed by atoms with van der Waals surface area (Å²) in [5, 5.41) is 16.9. The first-order chi connectivity index (χ1) is 24.8. The molecule has 0 bridgehead atoms. The Morgan fingerprint density at radius 2 is 1.69 bits per heavy atom. The van der Waals surface area contributed by atoms with Gasteiger partial charge in [-0.25, -0.2) is 13.8 Å². The van der Waals surface area contributed by atoms with E-state index in [1.807, 2.05) is 24.3 Å². The number of nitrogens with one attached hydrogen (secondary N) is 2. The number of hydrogen-bond donors (Lipinski definition) is 3. The number of aromatic nitrogens is 3. The maximum absolute atomic E-state index is 13.8. The summed E-state index contributed by atoms with van der Waals surface area (Å²) < 4.78 is 59.1. The lowest BCUT2D eigenvalue weighted by Crippen LogP contribution is -2.54. The van der Waals surface area contributed by atoms with Crippen LogP contribution in [0.15, 0.2) is 41.3 Å². The Hall–Kier alpha value is -3.90. The van der Waals surface area contributed by atoms with Crippen molar-refractivity contribution in [3.63, 3.8) is 0 Å². The standard InChI is InChI=1S/C35H44F2N8O6S/c1-35(49)12-2-3-28(35)45-31-24(19-27(30(36)37)33(45)48)20-38-34(41-31)39-25-10-13-43(14-11-25)52(50,51)44-17-15-42(16-18-44)21-22-4-6-23(7-5-22)26-8-9-29(46)40-32(26)47/h4-7,19-20,25-26,28,30,49H,2-3,8-18,21H2,1H3,(H,38,39,41)(H,40,46,47)/t26?,28-,35-/m1/s1. The molecule has 14 nitrogen and oxygen atoms in total. The van der Waals surface area contributed by atoms with Crippen LogP contribution in [0.25, 0.3) is 11.0 Å². The average molecular weight is 743 g/mol. The molecule has 3 aliphatic heterocycles. The Morgan fingerprint density at radius 1 is 1.00 bits per heavy atom. The Labute approximate surface area is 300 Å². The van der Waals surface area contributed by atoms with E-state index >= 15 is 0 Å². The van der Waals surface area contributed by atoms with Gasteiger partial charge in [-0.05, 0) is 62.6 Å². The number of amides is 2. The molecule has 3 saturated heterocycles. The van der Waals surface area contributed by atoms with Gasteiger partial charge in [0.15, 0.2) is 0 Å². The molecular formula is C35H44F2N8O6S. The Bertz CT molecular complexity index is 1990. The summed E-state index contributed by atoms with van der Waals surface area (Å²) in [7, 11) is -3.68. The van der Waals surface area contributed by atoms with Gasteiger partial charge in [0.25, 0.3) is 22.2 Å². The zero-order chi connectivity index (χ0) is 36.8. The molecule has 52 heavy (non-hydrogen) atoms. The zero-order valence-corrected chi connectivity index (χ0v) is 29.8. The largest absolute Gasteiger partial charge is 0.388 e. The number of hydrogen-bond acceptors (Lipinski definition) is 10. The van der Waals surface area contributed by atoms with Gasteiger partial charge in [0.1, 0.15) is 5.65 Å². The number of pyridine rings is 1. The van der Waals surface area contributed by atoms with Crippen molar-refractivity contribution in [1.82, 2.24) is 33.4 Å². The van der Waals surface area contributed by atoms with Crippen LogP contribution in [-0.4, -0.2) is 104 Å². The van der Waals surface area contributed by atoms with Crippen LogP contribution >= 0.6 is 0 Å². The molecule has 4 fully saturated rings. The third kappa shape index (κ3) is 7.33. The molecule has 1 aliphatic carbocycles. The molecule has 17 heteroatoms. The summed E-state index contributed by atoms with van der Waals surface area (Å²) >= 11 is 0. The molecule has 3 N–H and O–H groups in total. The molecule has 0 spiro atoms. The summed E-state index contributed by atoms with van der Waals surface area (Å²) in [6.45, 7) is 4.72. The van der Waals surface area contributed by atoms with Crippen molar-refractivity contribution in [3.8, 4) is 0 Å². The molecule has 1 saturated carbocycles. The first-order valence-corrected chi connectivity index (χ1v) is 19.3. The number of nitrogens with zero attached hydrogens (tertiary/aromatic N) is 6. The van der Waals surface area contributed by atoms with Gasteiger partial charge in [0.05, 0.1) is 23.1 Å². The van der Waals surface area contributed by atoms with Gasteiger partial charge in [-0.15, -0.1) is 0 Å². The number of fused-ring (bicyclic) bond motifs is 1. The second-order valence-electron chi connectivity index (χ2n) is 14.6. The fraction of sp³-hybridized carbons (Fsp3) is 0.571. The highest BCUT2D eigenvalue weighted by Gasteiger charge is 2.41. The van der Waals surface area contributed by atoms with Crippen LogP contribution in [0.4, 0.5) is 14.7 Å². The first-order valence-electron chi connectivity index (χ1n) is 17.9. The van der Waals surface area contributed by atoms with Gasteiger partial charge < -0.3 is 10.4 Å². The van der Waals surface area contributed by atoms with Gasteiger partial charge in [0, 0.05) is 69.9 Å². The molecule has 1 unspecified atom stereocenters. The Morgan fingerprint density at radius 3 is 2.33 bits per heavy atom. The highest BCUT2D eigenvalue weighted by molar-refractivity contribution is 7.86. The number of anilines is 1. The van der Waals surface area contributed by atoms with E-state index in [1.165, 1.54) is 19.4 Å². The Balaban J connectivity index is 0.939. The van der Waals surface area contributed by atoms with E-state index in [2.05, 4.69) is 25.5 Å². The fourth-order valence-corrected chi connectivity index (χ4v) is 9.64. The smallest absolute Gasteiger partial charge is 0.282 e. The molecule has 4 aliphatic rings. The highest BCUT2D eigenvalue weighted by atomic mass is 32.2. The molecule has 7 rings (SSSR count). The summed E-state index contributed by atoms with van der Waals surface area (Å²) in [4.78, 5) is 48.0. The minimum absolute atomic E-state index is 0.155. The van der Waals surface area contributed by atoms with Crippen LogP contribution in [0.2, 0.25) is 0 Å².